The van der Waals surface area contributed by atoms with Gasteiger partial charge in [0.25, 0.3) is 5.79 Å². The van der Waals surface area contributed by atoms with E-state index in [0.717, 1.165) is 49.5 Å². The Bertz CT molecular complexity index is 1690. The van der Waals surface area contributed by atoms with E-state index in [1.165, 1.54) is 6.07 Å². The molecule has 0 bridgehead atoms. The molecule has 0 amide bonds. The highest BCUT2D eigenvalue weighted by Gasteiger charge is 2.42. The number of aromatic nitrogens is 3. The fraction of sp³-hybridized carbons (Fsp3) is 0.387. The highest BCUT2D eigenvalue weighted by atomic mass is 35.5. The first kappa shape index (κ1) is 28.0. The van der Waals surface area contributed by atoms with E-state index >= 15 is 4.39 Å². The van der Waals surface area contributed by atoms with Gasteiger partial charge in [-0.05, 0) is 68.6 Å². The zero-order valence-electron chi connectivity index (χ0n) is 23.6. The molecule has 2 aromatic heterocycles. The summed E-state index contributed by atoms with van der Waals surface area (Å²) < 4.78 is 35.6. The number of benzene rings is 2. The number of pyridine rings is 1. The zero-order chi connectivity index (χ0) is 29.7. The van der Waals surface area contributed by atoms with Crippen LogP contribution in [0.15, 0.2) is 48.7 Å². The van der Waals surface area contributed by atoms with Gasteiger partial charge in [-0.15, -0.1) is 0 Å². The summed E-state index contributed by atoms with van der Waals surface area (Å²) in [7, 11) is 0. The summed E-state index contributed by atoms with van der Waals surface area (Å²) >= 11 is 6.04. The Labute approximate surface area is 252 Å². The van der Waals surface area contributed by atoms with Crippen LogP contribution in [-0.4, -0.2) is 56.3 Å². The molecule has 0 radical (unpaired) electrons. The predicted molar refractivity (Wildman–Crippen MR) is 157 cm³/mol. The van der Waals surface area contributed by atoms with Gasteiger partial charge in [0.1, 0.15) is 28.7 Å². The molecule has 43 heavy (non-hydrogen) atoms. The molecule has 3 aliphatic heterocycles. The number of ether oxygens (including phenoxy) is 3. The number of likely N-dealkylation sites (tertiary alicyclic amines) is 1. The number of nitrogens with zero attached hydrogens (tertiary/aromatic N) is 4. The highest BCUT2D eigenvalue weighted by Crippen LogP contribution is 2.49. The normalized spacial score (nSPS) is 22.1. The maximum absolute atomic E-state index is 15.3. The van der Waals surface area contributed by atoms with Crippen LogP contribution >= 0.6 is 11.6 Å². The summed E-state index contributed by atoms with van der Waals surface area (Å²) in [6.07, 6.45) is 4.37. The van der Waals surface area contributed by atoms with Crippen LogP contribution in [0, 0.1) is 11.2 Å². The van der Waals surface area contributed by atoms with E-state index in [0.29, 0.717) is 47.2 Å². The third-order valence-electron chi connectivity index (χ3n) is 8.65. The molecule has 2 fully saturated rings. The lowest BCUT2D eigenvalue weighted by atomic mass is 9.88. The fourth-order valence-electron chi connectivity index (χ4n) is 6.24. The van der Waals surface area contributed by atoms with Crippen molar-refractivity contribution in [3.8, 4) is 11.5 Å². The lowest BCUT2D eigenvalue weighted by Gasteiger charge is -2.33. The Balaban J connectivity index is 1.09. The number of nitrogens with one attached hydrogen (secondary N) is 2. The van der Waals surface area contributed by atoms with E-state index in [4.69, 9.17) is 41.4 Å². The van der Waals surface area contributed by atoms with Gasteiger partial charge in [-0.25, -0.2) is 9.37 Å². The van der Waals surface area contributed by atoms with Gasteiger partial charge in [-0.2, -0.15) is 0 Å². The second kappa shape index (κ2) is 11.1. The third kappa shape index (κ3) is 5.20. The van der Waals surface area contributed by atoms with Crippen LogP contribution in [-0.2, 0) is 23.6 Å². The Hall–Kier alpha value is -3.77. The molecule has 0 unspecified atom stereocenters. The summed E-state index contributed by atoms with van der Waals surface area (Å²) in [5.74, 6) is 0.710. The van der Waals surface area contributed by atoms with E-state index in [9.17, 15) is 0 Å². The molecule has 0 spiro atoms. The van der Waals surface area contributed by atoms with Gasteiger partial charge in [0.15, 0.2) is 11.5 Å². The first-order valence-corrected chi connectivity index (χ1v) is 14.8. The van der Waals surface area contributed by atoms with E-state index in [1.807, 2.05) is 29.7 Å². The van der Waals surface area contributed by atoms with Gasteiger partial charge >= 0.3 is 0 Å². The standard InChI is InChI=1S/C31H32ClFN6O4/c1-31(26-6-5-20(32)15-35-26)42-25-4-2-3-22(29(25)43-31)18-7-10-38(11-8-18)17-27-36-24-14-19(30(34)37-40)13-23(33)28(24)39(27)16-21-9-12-41-21/h2-6,13-15,18,21,40H,7-12,16-17H2,1H3,(H2,34,37)/t21-,31-/m0/s1. The van der Waals surface area contributed by atoms with Crippen molar-refractivity contribution in [1.82, 2.24) is 24.9 Å². The zero-order valence-corrected chi connectivity index (χ0v) is 24.4. The molecule has 7 rings (SSSR count). The van der Waals surface area contributed by atoms with Crippen molar-refractivity contribution in [2.24, 2.45) is 0 Å². The summed E-state index contributed by atoms with van der Waals surface area (Å²) in [5, 5.41) is 17.6. The minimum atomic E-state index is -1.03. The summed E-state index contributed by atoms with van der Waals surface area (Å²) in [5.41, 5.74) is 4.64. The molecule has 0 aliphatic carbocycles. The number of piperidine rings is 1. The van der Waals surface area contributed by atoms with Crippen LogP contribution in [0.3, 0.4) is 0 Å². The second-order valence-corrected chi connectivity index (χ2v) is 11.9. The second-order valence-electron chi connectivity index (χ2n) is 11.5. The number of amidine groups is 1. The molecule has 2 atom stereocenters. The summed E-state index contributed by atoms with van der Waals surface area (Å²) in [6.45, 7) is 5.32. The lowest BCUT2D eigenvalue weighted by Crippen LogP contribution is -2.35. The smallest absolute Gasteiger partial charge is 0.292 e. The fourth-order valence-corrected chi connectivity index (χ4v) is 6.36. The van der Waals surface area contributed by atoms with Crippen LogP contribution < -0.4 is 15.0 Å². The number of hydroxylamine groups is 1. The summed E-state index contributed by atoms with van der Waals surface area (Å²) in [6, 6.07) is 12.5. The minimum Gasteiger partial charge on any atom is -0.443 e. The van der Waals surface area contributed by atoms with Crippen molar-refractivity contribution in [2.75, 3.05) is 19.7 Å². The Morgan fingerprint density at radius 2 is 2.00 bits per heavy atom. The molecule has 0 saturated carbocycles. The highest BCUT2D eigenvalue weighted by molar-refractivity contribution is 6.30. The quantitative estimate of drug-likeness (QED) is 0.147. The molecule has 224 valence electrons. The van der Waals surface area contributed by atoms with Crippen molar-refractivity contribution in [3.05, 3.63) is 82.1 Å². The monoisotopic (exact) mass is 606 g/mol. The molecule has 5 heterocycles. The van der Waals surface area contributed by atoms with Crippen LogP contribution in [0.5, 0.6) is 11.5 Å². The largest absolute Gasteiger partial charge is 0.443 e. The van der Waals surface area contributed by atoms with Crippen LogP contribution in [0.2, 0.25) is 5.02 Å². The van der Waals surface area contributed by atoms with Gasteiger partial charge in [0, 0.05) is 30.9 Å². The SMILES string of the molecule is C[C@]1(c2ccc(Cl)cn2)Oc2cccc(C3CCN(Cc4nc5cc(C(=N)NO)cc(F)c5n4C[C@@H]4CCO4)CC3)c2O1. The predicted octanol–water partition coefficient (Wildman–Crippen LogP) is 5.34. The molecule has 3 aliphatic rings. The number of hydrogen-bond acceptors (Lipinski definition) is 8. The molecular formula is C31H32ClFN6O4. The van der Waals surface area contributed by atoms with E-state index in [1.54, 1.807) is 23.8 Å². The van der Waals surface area contributed by atoms with E-state index in [-0.39, 0.29) is 23.4 Å². The average Bonchev–Trinajstić information content (AvgIpc) is 3.52. The van der Waals surface area contributed by atoms with Crippen molar-refractivity contribution in [1.29, 1.82) is 5.41 Å². The van der Waals surface area contributed by atoms with E-state index in [2.05, 4.69) is 16.0 Å². The van der Waals surface area contributed by atoms with Crippen molar-refractivity contribution in [3.63, 3.8) is 0 Å². The van der Waals surface area contributed by atoms with Crippen molar-refractivity contribution in [2.45, 2.75) is 57.1 Å². The molecular weight excluding hydrogens is 575 g/mol. The number of rotatable bonds is 7. The first-order chi connectivity index (χ1) is 20.8. The summed E-state index contributed by atoms with van der Waals surface area (Å²) in [4.78, 5) is 11.6. The Kier molecular flexibility index (Phi) is 7.21. The number of fused-ring (bicyclic) bond motifs is 2. The third-order valence-corrected chi connectivity index (χ3v) is 8.87. The number of halogens is 2. The molecule has 4 aromatic rings. The molecule has 2 aromatic carbocycles. The molecule has 2 saturated heterocycles. The number of para-hydroxylation sites is 1. The van der Waals surface area contributed by atoms with Crippen LogP contribution in [0.25, 0.3) is 11.0 Å². The van der Waals surface area contributed by atoms with Gasteiger partial charge < -0.3 is 18.8 Å². The lowest BCUT2D eigenvalue weighted by molar-refractivity contribution is -0.0722. The van der Waals surface area contributed by atoms with Crippen LogP contribution in [0.1, 0.15) is 54.7 Å². The van der Waals surface area contributed by atoms with Gasteiger partial charge in [0.05, 0.1) is 29.7 Å². The van der Waals surface area contributed by atoms with Gasteiger partial charge in [-0.1, -0.05) is 23.7 Å². The Morgan fingerprint density at radius 1 is 1.19 bits per heavy atom. The average molecular weight is 607 g/mol. The van der Waals surface area contributed by atoms with Gasteiger partial charge in [0.2, 0.25) is 0 Å². The minimum absolute atomic E-state index is 0.0227. The maximum Gasteiger partial charge on any atom is 0.292 e. The number of imidazole rings is 1. The first-order valence-electron chi connectivity index (χ1n) is 14.5. The van der Waals surface area contributed by atoms with Crippen molar-refractivity contribution >= 4 is 28.5 Å². The molecule has 10 nitrogen and oxygen atoms in total. The van der Waals surface area contributed by atoms with Gasteiger partial charge in [-0.3, -0.25) is 26.0 Å². The maximum atomic E-state index is 15.3. The van der Waals surface area contributed by atoms with Crippen LogP contribution in [0.4, 0.5) is 4.39 Å². The molecule has 3 N–H and O–H groups in total. The molecule has 12 heteroatoms. The number of hydrogen-bond donors (Lipinski definition) is 3. The van der Waals surface area contributed by atoms with E-state index < -0.39 is 11.6 Å². The Morgan fingerprint density at radius 3 is 2.70 bits per heavy atom. The van der Waals surface area contributed by atoms with Crippen molar-refractivity contribution < 1.29 is 23.8 Å². The topological polar surface area (TPSA) is 118 Å².